The van der Waals surface area contributed by atoms with Crippen molar-refractivity contribution in [3.8, 4) is 0 Å². The zero-order valence-corrected chi connectivity index (χ0v) is 12.6. The molecule has 1 heterocycles. The standard InChI is InChI=1S/C18H21NO3/c20-18(22-15-9-2-1-5-12-21-13-15)19-17-11-6-8-14-7-3-4-10-16(14)17/h3-4,6-8,10-11,15H,1-2,5,9,12-13H2,(H,19,20). The predicted octanol–water partition coefficient (Wildman–Crippen LogP) is 4.35. The molecule has 22 heavy (non-hydrogen) atoms. The summed E-state index contributed by atoms with van der Waals surface area (Å²) in [5, 5.41) is 4.95. The van der Waals surface area contributed by atoms with Crippen LogP contribution in [0.25, 0.3) is 10.8 Å². The summed E-state index contributed by atoms with van der Waals surface area (Å²) < 4.78 is 11.0. The van der Waals surface area contributed by atoms with Gasteiger partial charge in [-0.1, -0.05) is 42.8 Å². The van der Waals surface area contributed by atoms with Crippen molar-refractivity contribution in [1.29, 1.82) is 0 Å². The van der Waals surface area contributed by atoms with E-state index < -0.39 is 6.09 Å². The lowest BCUT2D eigenvalue weighted by Gasteiger charge is -2.20. The Morgan fingerprint density at radius 1 is 1.09 bits per heavy atom. The second kappa shape index (κ2) is 7.27. The Bertz CT molecular complexity index is 628. The topological polar surface area (TPSA) is 47.6 Å². The fraction of sp³-hybridized carbons (Fsp3) is 0.389. The van der Waals surface area contributed by atoms with E-state index >= 15 is 0 Å². The van der Waals surface area contributed by atoms with Crippen LogP contribution in [0, 0.1) is 0 Å². The maximum Gasteiger partial charge on any atom is 0.411 e. The van der Waals surface area contributed by atoms with Crippen LogP contribution in [-0.2, 0) is 9.47 Å². The third-order valence-corrected chi connectivity index (χ3v) is 3.92. The molecule has 0 spiro atoms. The average Bonchev–Trinajstić information content (AvgIpc) is 2.50. The summed E-state index contributed by atoms with van der Waals surface area (Å²) in [6.45, 7) is 1.24. The zero-order chi connectivity index (χ0) is 15.2. The monoisotopic (exact) mass is 299 g/mol. The van der Waals surface area contributed by atoms with Gasteiger partial charge in [-0.05, 0) is 30.7 Å². The molecular formula is C18H21NO3. The van der Waals surface area contributed by atoms with Crippen LogP contribution in [0.3, 0.4) is 0 Å². The molecule has 2 aromatic carbocycles. The van der Waals surface area contributed by atoms with Gasteiger partial charge < -0.3 is 9.47 Å². The highest BCUT2D eigenvalue weighted by Gasteiger charge is 2.17. The van der Waals surface area contributed by atoms with E-state index in [1.54, 1.807) is 0 Å². The lowest BCUT2D eigenvalue weighted by atomic mass is 10.1. The van der Waals surface area contributed by atoms with Crippen molar-refractivity contribution in [3.63, 3.8) is 0 Å². The first kappa shape index (κ1) is 14.9. The van der Waals surface area contributed by atoms with Gasteiger partial charge in [0, 0.05) is 12.0 Å². The van der Waals surface area contributed by atoms with Crippen LogP contribution >= 0.6 is 0 Å². The quantitative estimate of drug-likeness (QED) is 0.897. The minimum absolute atomic E-state index is 0.157. The molecule has 4 nitrogen and oxygen atoms in total. The van der Waals surface area contributed by atoms with Crippen LogP contribution in [-0.4, -0.2) is 25.4 Å². The highest BCUT2D eigenvalue weighted by Crippen LogP contribution is 2.23. The van der Waals surface area contributed by atoms with E-state index in [-0.39, 0.29) is 6.10 Å². The number of fused-ring (bicyclic) bond motifs is 1. The number of nitrogens with one attached hydrogen (secondary N) is 1. The van der Waals surface area contributed by atoms with Crippen LogP contribution < -0.4 is 5.32 Å². The van der Waals surface area contributed by atoms with Crippen molar-refractivity contribution < 1.29 is 14.3 Å². The molecule has 1 unspecified atom stereocenters. The number of hydrogen-bond donors (Lipinski definition) is 1. The Morgan fingerprint density at radius 3 is 2.91 bits per heavy atom. The van der Waals surface area contributed by atoms with Crippen molar-refractivity contribution in [1.82, 2.24) is 0 Å². The van der Waals surface area contributed by atoms with Gasteiger partial charge >= 0.3 is 6.09 Å². The lowest BCUT2D eigenvalue weighted by Crippen LogP contribution is -2.27. The second-order valence-electron chi connectivity index (χ2n) is 5.60. The SMILES string of the molecule is O=C(Nc1cccc2ccccc12)OC1CCCCCOC1. The van der Waals surface area contributed by atoms with E-state index in [2.05, 4.69) is 5.32 Å². The summed E-state index contributed by atoms with van der Waals surface area (Å²) >= 11 is 0. The molecule has 4 heteroatoms. The number of carbonyl (C=O) groups is 1. The molecule has 1 fully saturated rings. The Labute approximate surface area is 130 Å². The van der Waals surface area contributed by atoms with Crippen LogP contribution in [0.15, 0.2) is 42.5 Å². The fourth-order valence-electron chi connectivity index (χ4n) is 2.77. The number of amides is 1. The van der Waals surface area contributed by atoms with E-state index in [0.29, 0.717) is 6.61 Å². The molecule has 1 aliphatic rings. The summed E-state index contributed by atoms with van der Waals surface area (Å²) in [6.07, 6.45) is 3.60. The van der Waals surface area contributed by atoms with Crippen molar-refractivity contribution in [2.45, 2.75) is 31.8 Å². The van der Waals surface area contributed by atoms with Gasteiger partial charge in [0.25, 0.3) is 0 Å². The molecule has 116 valence electrons. The van der Waals surface area contributed by atoms with E-state index in [0.717, 1.165) is 48.8 Å². The molecule has 1 atom stereocenters. The van der Waals surface area contributed by atoms with E-state index in [4.69, 9.17) is 9.47 Å². The van der Waals surface area contributed by atoms with Crippen molar-refractivity contribution in [2.24, 2.45) is 0 Å². The summed E-state index contributed by atoms with van der Waals surface area (Å²) in [4.78, 5) is 12.1. The number of anilines is 1. The highest BCUT2D eigenvalue weighted by atomic mass is 16.6. The van der Waals surface area contributed by atoms with Crippen molar-refractivity contribution in [2.75, 3.05) is 18.5 Å². The molecule has 0 bridgehead atoms. The molecule has 3 rings (SSSR count). The Kier molecular flexibility index (Phi) is 4.91. The Morgan fingerprint density at radius 2 is 1.95 bits per heavy atom. The van der Waals surface area contributed by atoms with Gasteiger partial charge in [0.15, 0.2) is 0 Å². The van der Waals surface area contributed by atoms with Gasteiger partial charge in [0.1, 0.15) is 6.10 Å². The summed E-state index contributed by atoms with van der Waals surface area (Å²) in [6, 6.07) is 13.8. The van der Waals surface area contributed by atoms with Gasteiger partial charge in [0.05, 0.1) is 12.3 Å². The van der Waals surface area contributed by atoms with Crippen LogP contribution in [0.2, 0.25) is 0 Å². The highest BCUT2D eigenvalue weighted by molar-refractivity contribution is 6.00. The number of benzene rings is 2. The zero-order valence-electron chi connectivity index (χ0n) is 12.6. The van der Waals surface area contributed by atoms with Crippen molar-refractivity contribution in [3.05, 3.63) is 42.5 Å². The minimum Gasteiger partial charge on any atom is -0.444 e. The molecule has 0 radical (unpaired) electrons. The molecular weight excluding hydrogens is 278 g/mol. The van der Waals surface area contributed by atoms with Crippen LogP contribution in [0.5, 0.6) is 0 Å². The lowest BCUT2D eigenvalue weighted by molar-refractivity contribution is 0.0106. The van der Waals surface area contributed by atoms with Crippen LogP contribution in [0.4, 0.5) is 10.5 Å². The normalized spacial score (nSPS) is 19.2. The third-order valence-electron chi connectivity index (χ3n) is 3.92. The van der Waals surface area contributed by atoms with Crippen LogP contribution in [0.1, 0.15) is 25.7 Å². The summed E-state index contributed by atoms with van der Waals surface area (Å²) in [5.41, 5.74) is 0.773. The first-order chi connectivity index (χ1) is 10.8. The molecule has 2 aromatic rings. The third kappa shape index (κ3) is 3.77. The molecule has 0 aliphatic carbocycles. The maximum absolute atomic E-state index is 12.1. The fourth-order valence-corrected chi connectivity index (χ4v) is 2.77. The number of ether oxygens (including phenoxy) is 2. The molecule has 1 aliphatic heterocycles. The Balaban J connectivity index is 1.65. The van der Waals surface area contributed by atoms with E-state index in [1.807, 2.05) is 42.5 Å². The molecule has 0 saturated carbocycles. The average molecular weight is 299 g/mol. The molecule has 1 amide bonds. The Hall–Kier alpha value is -2.07. The largest absolute Gasteiger partial charge is 0.444 e. The number of hydrogen-bond acceptors (Lipinski definition) is 3. The number of rotatable bonds is 2. The number of carbonyl (C=O) groups excluding carboxylic acids is 1. The van der Waals surface area contributed by atoms with E-state index in [9.17, 15) is 4.79 Å². The summed E-state index contributed by atoms with van der Waals surface area (Å²) in [7, 11) is 0. The predicted molar refractivity (Wildman–Crippen MR) is 87.1 cm³/mol. The minimum atomic E-state index is -0.412. The van der Waals surface area contributed by atoms with Crippen molar-refractivity contribution >= 4 is 22.6 Å². The summed E-state index contributed by atoms with van der Waals surface area (Å²) in [5.74, 6) is 0. The second-order valence-corrected chi connectivity index (χ2v) is 5.60. The van der Waals surface area contributed by atoms with Gasteiger partial charge in [-0.15, -0.1) is 0 Å². The first-order valence-corrected chi connectivity index (χ1v) is 7.86. The van der Waals surface area contributed by atoms with E-state index in [1.165, 1.54) is 0 Å². The van der Waals surface area contributed by atoms with Gasteiger partial charge in [0.2, 0.25) is 0 Å². The molecule has 0 aromatic heterocycles. The smallest absolute Gasteiger partial charge is 0.411 e. The van der Waals surface area contributed by atoms with Gasteiger partial charge in [-0.2, -0.15) is 0 Å². The molecule has 1 N–H and O–H groups in total. The first-order valence-electron chi connectivity index (χ1n) is 7.86. The van der Waals surface area contributed by atoms with Gasteiger partial charge in [-0.3, -0.25) is 5.32 Å². The maximum atomic E-state index is 12.1. The molecule has 1 saturated heterocycles. The van der Waals surface area contributed by atoms with Gasteiger partial charge in [-0.25, -0.2) is 4.79 Å².